The van der Waals surface area contributed by atoms with Crippen LogP contribution in [0.15, 0.2) is 12.1 Å². The third kappa shape index (κ3) is 4.27. The molecule has 0 saturated heterocycles. The van der Waals surface area contributed by atoms with Crippen molar-refractivity contribution in [1.29, 1.82) is 0 Å². The summed E-state index contributed by atoms with van der Waals surface area (Å²) < 4.78 is 5.63. The van der Waals surface area contributed by atoms with E-state index in [1.165, 1.54) is 0 Å². The van der Waals surface area contributed by atoms with E-state index in [1.807, 2.05) is 12.1 Å². The van der Waals surface area contributed by atoms with Crippen molar-refractivity contribution in [2.24, 2.45) is 5.92 Å². The van der Waals surface area contributed by atoms with Crippen molar-refractivity contribution in [3.05, 3.63) is 12.1 Å². The number of nitrogens with two attached hydrogens (primary N) is 1. The van der Waals surface area contributed by atoms with Gasteiger partial charge in [0.05, 0.1) is 18.4 Å². The maximum atomic E-state index is 9.52. The van der Waals surface area contributed by atoms with Crippen LogP contribution in [-0.4, -0.2) is 28.8 Å². The molecular formula is C15H25N3O2. The Morgan fingerprint density at radius 3 is 2.70 bits per heavy atom. The first-order chi connectivity index (χ1) is 9.54. The Morgan fingerprint density at radius 2 is 2.05 bits per heavy atom. The number of hydrogen-bond acceptors (Lipinski definition) is 5. The summed E-state index contributed by atoms with van der Waals surface area (Å²) in [4.78, 5) is 4.44. The summed E-state index contributed by atoms with van der Waals surface area (Å²) in [7, 11) is 0. The largest absolute Gasteiger partial charge is 0.476 e. The van der Waals surface area contributed by atoms with Crippen LogP contribution in [0.2, 0.25) is 0 Å². The molecule has 1 aromatic rings. The summed E-state index contributed by atoms with van der Waals surface area (Å²) in [5.74, 6) is 1.73. The topological polar surface area (TPSA) is 80.4 Å². The molecule has 0 aliphatic heterocycles. The molecule has 0 spiro atoms. The lowest BCUT2D eigenvalue weighted by Gasteiger charge is -2.26. The summed E-state index contributed by atoms with van der Waals surface area (Å²) in [5, 5.41) is 12.9. The van der Waals surface area contributed by atoms with Gasteiger partial charge in [-0.3, -0.25) is 0 Å². The number of nitrogens with one attached hydrogen (secondary N) is 1. The Bertz CT molecular complexity index is 429. The number of rotatable bonds is 5. The van der Waals surface area contributed by atoms with Crippen molar-refractivity contribution in [1.82, 2.24) is 4.98 Å². The number of nitrogen functional groups attached to an aromatic ring is 1. The van der Waals surface area contributed by atoms with Gasteiger partial charge in [-0.25, -0.2) is 0 Å². The van der Waals surface area contributed by atoms with E-state index < -0.39 is 0 Å². The van der Waals surface area contributed by atoms with Crippen LogP contribution in [0.25, 0.3) is 0 Å². The van der Waals surface area contributed by atoms with Crippen LogP contribution >= 0.6 is 0 Å². The molecule has 4 N–H and O–H groups in total. The zero-order valence-electron chi connectivity index (χ0n) is 12.3. The van der Waals surface area contributed by atoms with Crippen LogP contribution in [0.5, 0.6) is 5.88 Å². The molecule has 2 rings (SSSR count). The number of aliphatic hydroxyl groups is 1. The third-order valence-electron chi connectivity index (χ3n) is 3.49. The second kappa shape index (κ2) is 6.79. The van der Waals surface area contributed by atoms with E-state index in [0.717, 1.165) is 31.5 Å². The summed E-state index contributed by atoms with van der Waals surface area (Å²) in [6.45, 7) is 4.79. The van der Waals surface area contributed by atoms with Gasteiger partial charge in [0.15, 0.2) is 0 Å². The Hall–Kier alpha value is -1.49. The average Bonchev–Trinajstić information content (AvgIpc) is 2.42. The van der Waals surface area contributed by atoms with E-state index >= 15 is 0 Å². The maximum Gasteiger partial charge on any atom is 0.239 e. The smallest absolute Gasteiger partial charge is 0.239 e. The van der Waals surface area contributed by atoms with Crippen LogP contribution < -0.4 is 15.8 Å². The van der Waals surface area contributed by atoms with Gasteiger partial charge >= 0.3 is 0 Å². The molecule has 0 unspecified atom stereocenters. The molecule has 5 heteroatoms. The van der Waals surface area contributed by atoms with Crippen LogP contribution in [0.1, 0.15) is 39.5 Å². The number of hydrogen-bond donors (Lipinski definition) is 3. The summed E-state index contributed by atoms with van der Waals surface area (Å²) >= 11 is 0. The highest BCUT2D eigenvalue weighted by Crippen LogP contribution is 2.25. The van der Waals surface area contributed by atoms with Crippen LogP contribution in [0.4, 0.5) is 11.5 Å². The zero-order valence-corrected chi connectivity index (χ0v) is 12.3. The van der Waals surface area contributed by atoms with Crippen molar-refractivity contribution in [3.63, 3.8) is 0 Å². The third-order valence-corrected chi connectivity index (χ3v) is 3.49. The van der Waals surface area contributed by atoms with Gasteiger partial charge in [0.1, 0.15) is 5.82 Å². The normalized spacial score (nSPS) is 22.8. The molecular weight excluding hydrogens is 254 g/mol. The molecule has 1 fully saturated rings. The van der Waals surface area contributed by atoms with E-state index in [9.17, 15) is 5.11 Å². The zero-order chi connectivity index (χ0) is 14.5. The lowest BCUT2D eigenvalue weighted by molar-refractivity contribution is 0.126. The van der Waals surface area contributed by atoms with E-state index in [0.29, 0.717) is 30.1 Å². The number of anilines is 2. The van der Waals surface area contributed by atoms with Crippen LogP contribution in [0, 0.1) is 5.92 Å². The van der Waals surface area contributed by atoms with Crippen LogP contribution in [0.3, 0.4) is 0 Å². The summed E-state index contributed by atoms with van der Waals surface area (Å²) in [6, 6.07) is 4.07. The van der Waals surface area contributed by atoms with Crippen molar-refractivity contribution < 1.29 is 9.84 Å². The van der Waals surface area contributed by atoms with Gasteiger partial charge in [-0.1, -0.05) is 13.8 Å². The van der Waals surface area contributed by atoms with Gasteiger partial charge in [-0.05, 0) is 43.7 Å². The van der Waals surface area contributed by atoms with Crippen LogP contribution in [-0.2, 0) is 0 Å². The molecule has 0 bridgehead atoms. The second-order valence-electron chi connectivity index (χ2n) is 5.95. The number of aromatic nitrogens is 1. The quantitative estimate of drug-likeness (QED) is 0.771. The Kier molecular flexibility index (Phi) is 5.06. The number of aliphatic hydroxyl groups excluding tert-OH is 1. The SMILES string of the molecule is CC(C)COc1nc(NC2CCC(O)CC2)ccc1N. The highest BCUT2D eigenvalue weighted by molar-refractivity contribution is 5.53. The molecule has 1 aromatic heterocycles. The van der Waals surface area contributed by atoms with Crippen molar-refractivity contribution in [2.75, 3.05) is 17.7 Å². The molecule has 0 radical (unpaired) electrons. The molecule has 0 atom stereocenters. The van der Waals surface area contributed by atoms with Gasteiger partial charge in [-0.15, -0.1) is 0 Å². The summed E-state index contributed by atoms with van der Waals surface area (Å²) in [5.41, 5.74) is 6.44. The first-order valence-corrected chi connectivity index (χ1v) is 7.38. The standard InChI is InChI=1S/C15H25N3O2/c1-10(2)9-20-15-13(16)7-8-14(18-15)17-11-3-5-12(19)6-4-11/h7-8,10-12,19H,3-6,9,16H2,1-2H3,(H,17,18). The van der Waals surface area contributed by atoms with Gasteiger partial charge in [0.2, 0.25) is 5.88 Å². The van der Waals surface area contributed by atoms with Gasteiger partial charge in [0, 0.05) is 6.04 Å². The molecule has 5 nitrogen and oxygen atoms in total. The monoisotopic (exact) mass is 279 g/mol. The van der Waals surface area contributed by atoms with Crippen molar-refractivity contribution in [2.45, 2.75) is 51.7 Å². The predicted molar refractivity (Wildman–Crippen MR) is 80.9 cm³/mol. The van der Waals surface area contributed by atoms with Gasteiger partial charge in [-0.2, -0.15) is 4.98 Å². The fourth-order valence-electron chi connectivity index (χ4n) is 2.32. The average molecular weight is 279 g/mol. The molecule has 1 saturated carbocycles. The molecule has 1 heterocycles. The van der Waals surface area contributed by atoms with Crippen molar-refractivity contribution >= 4 is 11.5 Å². The Balaban J connectivity index is 1.96. The number of pyridine rings is 1. The fraction of sp³-hybridized carbons (Fsp3) is 0.667. The number of nitrogens with zero attached hydrogens (tertiary/aromatic N) is 1. The van der Waals surface area contributed by atoms with Crippen molar-refractivity contribution in [3.8, 4) is 5.88 Å². The molecule has 1 aliphatic rings. The second-order valence-corrected chi connectivity index (χ2v) is 5.95. The lowest BCUT2D eigenvalue weighted by atomic mass is 9.93. The van der Waals surface area contributed by atoms with E-state index in [4.69, 9.17) is 10.5 Å². The minimum atomic E-state index is -0.141. The van der Waals surface area contributed by atoms with Gasteiger partial charge in [0.25, 0.3) is 0 Å². The Morgan fingerprint density at radius 1 is 1.35 bits per heavy atom. The van der Waals surface area contributed by atoms with E-state index in [-0.39, 0.29) is 6.10 Å². The van der Waals surface area contributed by atoms with E-state index in [2.05, 4.69) is 24.1 Å². The molecule has 112 valence electrons. The predicted octanol–water partition coefficient (Wildman–Crippen LogP) is 2.41. The molecule has 20 heavy (non-hydrogen) atoms. The molecule has 0 aromatic carbocycles. The van der Waals surface area contributed by atoms with E-state index in [1.54, 1.807) is 0 Å². The maximum absolute atomic E-state index is 9.52. The fourth-order valence-corrected chi connectivity index (χ4v) is 2.32. The first-order valence-electron chi connectivity index (χ1n) is 7.38. The lowest BCUT2D eigenvalue weighted by Crippen LogP contribution is -2.28. The minimum absolute atomic E-state index is 0.141. The summed E-state index contributed by atoms with van der Waals surface area (Å²) in [6.07, 6.45) is 3.50. The molecule has 0 amide bonds. The highest BCUT2D eigenvalue weighted by atomic mass is 16.5. The minimum Gasteiger partial charge on any atom is -0.476 e. The Labute approximate surface area is 120 Å². The highest BCUT2D eigenvalue weighted by Gasteiger charge is 2.19. The first kappa shape index (κ1) is 14.9. The number of ether oxygens (including phenoxy) is 1. The van der Waals surface area contributed by atoms with Gasteiger partial charge < -0.3 is 20.9 Å². The molecule has 1 aliphatic carbocycles.